The molecule has 1 aromatic heterocycles. The lowest BCUT2D eigenvalue weighted by Crippen LogP contribution is -1.89. The molecule has 1 aromatic rings. The van der Waals surface area contributed by atoms with E-state index in [2.05, 4.69) is 29.0 Å². The Balaban J connectivity index is 2.22. The first kappa shape index (κ1) is 11.2. The Bertz CT molecular complexity index is 242. The Kier molecular flexibility index (Phi) is 5.27. The zero-order valence-corrected chi connectivity index (χ0v) is 9.34. The average molecular weight is 195 g/mol. The minimum atomic E-state index is 0.990. The van der Waals surface area contributed by atoms with Crippen LogP contribution in [-0.2, 0) is 12.8 Å². The van der Waals surface area contributed by atoms with Gasteiger partial charge in [0.25, 0.3) is 0 Å². The van der Waals surface area contributed by atoms with E-state index in [0.29, 0.717) is 0 Å². The van der Waals surface area contributed by atoms with Crippen LogP contribution in [0.3, 0.4) is 0 Å². The molecule has 0 aliphatic carbocycles. The van der Waals surface area contributed by atoms with E-state index in [1.165, 1.54) is 25.7 Å². The molecule has 0 saturated heterocycles. The van der Waals surface area contributed by atoms with Crippen LogP contribution in [0.15, 0.2) is 0 Å². The SMILES string of the molecule is CCCCCCc1n[nH]c(CCC)n1. The minimum Gasteiger partial charge on any atom is -0.263 e. The van der Waals surface area contributed by atoms with Crippen molar-refractivity contribution in [1.29, 1.82) is 0 Å². The van der Waals surface area contributed by atoms with Gasteiger partial charge in [-0.25, -0.2) is 4.98 Å². The molecule has 14 heavy (non-hydrogen) atoms. The summed E-state index contributed by atoms with van der Waals surface area (Å²) in [7, 11) is 0. The van der Waals surface area contributed by atoms with Crippen LogP contribution in [0.5, 0.6) is 0 Å². The molecule has 3 nitrogen and oxygen atoms in total. The molecule has 0 radical (unpaired) electrons. The predicted molar refractivity (Wildman–Crippen MR) is 58.2 cm³/mol. The highest BCUT2D eigenvalue weighted by Crippen LogP contribution is 2.04. The van der Waals surface area contributed by atoms with Gasteiger partial charge in [-0.05, 0) is 12.8 Å². The van der Waals surface area contributed by atoms with E-state index in [0.717, 1.165) is 30.9 Å². The summed E-state index contributed by atoms with van der Waals surface area (Å²) in [6.07, 6.45) is 8.30. The van der Waals surface area contributed by atoms with E-state index >= 15 is 0 Å². The summed E-state index contributed by atoms with van der Waals surface area (Å²) in [5.41, 5.74) is 0. The lowest BCUT2D eigenvalue weighted by atomic mass is 10.1. The summed E-state index contributed by atoms with van der Waals surface area (Å²) in [6, 6.07) is 0. The van der Waals surface area contributed by atoms with Gasteiger partial charge in [0.15, 0.2) is 5.82 Å². The Morgan fingerprint density at radius 2 is 1.86 bits per heavy atom. The summed E-state index contributed by atoms with van der Waals surface area (Å²) in [4.78, 5) is 4.43. The molecule has 0 aromatic carbocycles. The summed E-state index contributed by atoms with van der Waals surface area (Å²) in [5, 5.41) is 7.18. The van der Waals surface area contributed by atoms with Gasteiger partial charge in [-0.15, -0.1) is 0 Å². The second-order valence-electron chi connectivity index (χ2n) is 3.76. The highest BCUT2D eigenvalue weighted by Gasteiger charge is 2.01. The maximum atomic E-state index is 4.43. The lowest BCUT2D eigenvalue weighted by molar-refractivity contribution is 0.653. The van der Waals surface area contributed by atoms with Gasteiger partial charge < -0.3 is 0 Å². The van der Waals surface area contributed by atoms with Crippen molar-refractivity contribution in [3.8, 4) is 0 Å². The molecule has 0 amide bonds. The monoisotopic (exact) mass is 195 g/mol. The number of hydrogen-bond donors (Lipinski definition) is 1. The van der Waals surface area contributed by atoms with Crippen LogP contribution in [0.2, 0.25) is 0 Å². The van der Waals surface area contributed by atoms with Crippen molar-refractivity contribution in [1.82, 2.24) is 15.2 Å². The van der Waals surface area contributed by atoms with Crippen molar-refractivity contribution in [2.24, 2.45) is 0 Å². The topological polar surface area (TPSA) is 41.6 Å². The van der Waals surface area contributed by atoms with Gasteiger partial charge in [0.1, 0.15) is 5.82 Å². The Labute approximate surface area is 86.3 Å². The van der Waals surface area contributed by atoms with Gasteiger partial charge in [0, 0.05) is 12.8 Å². The predicted octanol–water partition coefficient (Wildman–Crippen LogP) is 2.88. The molecule has 1 heterocycles. The summed E-state index contributed by atoms with van der Waals surface area (Å²) >= 11 is 0. The fourth-order valence-corrected chi connectivity index (χ4v) is 1.51. The van der Waals surface area contributed by atoms with Crippen LogP contribution in [0, 0.1) is 0 Å². The van der Waals surface area contributed by atoms with Gasteiger partial charge in [0.05, 0.1) is 0 Å². The van der Waals surface area contributed by atoms with Crippen LogP contribution in [0.1, 0.15) is 57.6 Å². The quantitative estimate of drug-likeness (QED) is 0.680. The maximum absolute atomic E-state index is 4.43. The van der Waals surface area contributed by atoms with Crippen molar-refractivity contribution in [3.63, 3.8) is 0 Å². The smallest absolute Gasteiger partial charge is 0.150 e. The zero-order chi connectivity index (χ0) is 10.2. The molecule has 3 heteroatoms. The first-order valence-corrected chi connectivity index (χ1v) is 5.77. The van der Waals surface area contributed by atoms with Gasteiger partial charge in [-0.3, -0.25) is 5.10 Å². The summed E-state index contributed by atoms with van der Waals surface area (Å²) < 4.78 is 0. The number of aryl methyl sites for hydroxylation is 2. The van der Waals surface area contributed by atoms with E-state index in [9.17, 15) is 0 Å². The molecule has 0 unspecified atom stereocenters. The van der Waals surface area contributed by atoms with Crippen molar-refractivity contribution < 1.29 is 0 Å². The number of H-pyrrole nitrogens is 1. The fraction of sp³-hybridized carbons (Fsp3) is 0.818. The number of hydrogen-bond acceptors (Lipinski definition) is 2. The van der Waals surface area contributed by atoms with Gasteiger partial charge >= 0.3 is 0 Å². The van der Waals surface area contributed by atoms with E-state index in [-0.39, 0.29) is 0 Å². The van der Waals surface area contributed by atoms with E-state index in [1.807, 2.05) is 0 Å². The minimum absolute atomic E-state index is 0.990. The van der Waals surface area contributed by atoms with Crippen LogP contribution < -0.4 is 0 Å². The van der Waals surface area contributed by atoms with E-state index in [4.69, 9.17) is 0 Å². The molecule has 0 aliphatic heterocycles. The second-order valence-corrected chi connectivity index (χ2v) is 3.76. The Morgan fingerprint density at radius 1 is 1.00 bits per heavy atom. The first-order chi connectivity index (χ1) is 6.86. The largest absolute Gasteiger partial charge is 0.263 e. The van der Waals surface area contributed by atoms with Crippen molar-refractivity contribution in [2.75, 3.05) is 0 Å². The van der Waals surface area contributed by atoms with Gasteiger partial charge in [0.2, 0.25) is 0 Å². The molecule has 1 N–H and O–H groups in total. The number of aromatic nitrogens is 3. The lowest BCUT2D eigenvalue weighted by Gasteiger charge is -1.94. The fourth-order valence-electron chi connectivity index (χ4n) is 1.51. The molecule has 1 rings (SSSR count). The van der Waals surface area contributed by atoms with Gasteiger partial charge in [-0.1, -0.05) is 33.1 Å². The molecule has 0 bridgehead atoms. The zero-order valence-electron chi connectivity index (χ0n) is 9.34. The molecule has 0 fully saturated rings. The molecule has 0 saturated carbocycles. The summed E-state index contributed by atoms with van der Waals surface area (Å²) in [6.45, 7) is 4.38. The van der Waals surface area contributed by atoms with Gasteiger partial charge in [-0.2, -0.15) is 5.10 Å². The second kappa shape index (κ2) is 6.57. The maximum Gasteiger partial charge on any atom is 0.150 e. The van der Waals surface area contributed by atoms with Crippen molar-refractivity contribution >= 4 is 0 Å². The van der Waals surface area contributed by atoms with Crippen LogP contribution in [0.25, 0.3) is 0 Å². The van der Waals surface area contributed by atoms with Crippen molar-refractivity contribution in [2.45, 2.75) is 58.8 Å². The third-order valence-corrected chi connectivity index (χ3v) is 2.32. The number of aromatic amines is 1. The number of unbranched alkanes of at least 4 members (excludes halogenated alkanes) is 3. The molecule has 0 atom stereocenters. The van der Waals surface area contributed by atoms with Crippen LogP contribution >= 0.6 is 0 Å². The number of nitrogens with zero attached hydrogens (tertiary/aromatic N) is 2. The first-order valence-electron chi connectivity index (χ1n) is 5.77. The normalized spacial score (nSPS) is 10.7. The van der Waals surface area contributed by atoms with Crippen molar-refractivity contribution in [3.05, 3.63) is 11.6 Å². The Morgan fingerprint density at radius 3 is 2.57 bits per heavy atom. The highest BCUT2D eigenvalue weighted by molar-refractivity contribution is 4.90. The third-order valence-electron chi connectivity index (χ3n) is 2.32. The molecular weight excluding hydrogens is 174 g/mol. The highest BCUT2D eigenvalue weighted by atomic mass is 15.2. The standard InChI is InChI=1S/C11H21N3/c1-3-5-6-7-9-11-12-10(8-4-2)13-14-11/h3-9H2,1-2H3,(H,12,13,14). The van der Waals surface area contributed by atoms with E-state index < -0.39 is 0 Å². The summed E-state index contributed by atoms with van der Waals surface area (Å²) in [5.74, 6) is 2.03. The Hall–Kier alpha value is -0.860. The molecular formula is C11H21N3. The molecule has 0 aliphatic rings. The number of rotatable bonds is 7. The number of nitrogens with one attached hydrogen (secondary N) is 1. The van der Waals surface area contributed by atoms with E-state index in [1.54, 1.807) is 0 Å². The average Bonchev–Trinajstić information content (AvgIpc) is 2.61. The van der Waals surface area contributed by atoms with Crippen LogP contribution in [0.4, 0.5) is 0 Å². The van der Waals surface area contributed by atoms with Crippen LogP contribution in [-0.4, -0.2) is 15.2 Å². The molecule has 80 valence electrons. The third kappa shape index (κ3) is 3.90. The molecule has 0 spiro atoms.